The van der Waals surface area contributed by atoms with Gasteiger partial charge < -0.3 is 15.2 Å². The molecule has 1 spiro atoms. The number of carbonyl (C=O) groups excluding carboxylic acids is 3. The average Bonchev–Trinajstić information content (AvgIpc) is 3.09. The van der Waals surface area contributed by atoms with Gasteiger partial charge in [0.25, 0.3) is 5.91 Å². The van der Waals surface area contributed by atoms with Crippen LogP contribution in [0.2, 0.25) is 0 Å². The van der Waals surface area contributed by atoms with E-state index in [1.165, 1.54) is 6.08 Å². The van der Waals surface area contributed by atoms with Gasteiger partial charge in [-0.1, -0.05) is 62.9 Å². The van der Waals surface area contributed by atoms with Gasteiger partial charge in [-0.25, -0.2) is 4.79 Å². The van der Waals surface area contributed by atoms with Gasteiger partial charge in [0.15, 0.2) is 5.78 Å². The minimum absolute atomic E-state index is 0.143. The number of carbonyl (C=O) groups is 3. The fourth-order valence-corrected chi connectivity index (χ4v) is 6.00. The molecule has 1 aromatic carbocycles. The number of ether oxygens (including phenoxy) is 1. The molecule has 2 aliphatic heterocycles. The second-order valence-corrected chi connectivity index (χ2v) is 10.3. The van der Waals surface area contributed by atoms with Crippen LogP contribution in [0, 0.1) is 23.7 Å². The lowest BCUT2D eigenvalue weighted by molar-refractivity contribution is -0.182. The molecule has 4 rings (SSSR count). The number of nitrogens with one attached hydrogen (secondary N) is 1. The van der Waals surface area contributed by atoms with Crippen molar-refractivity contribution in [2.75, 3.05) is 0 Å². The number of rotatable bonds is 2. The van der Waals surface area contributed by atoms with E-state index in [4.69, 9.17) is 4.74 Å². The molecule has 2 heterocycles. The van der Waals surface area contributed by atoms with E-state index in [1.807, 2.05) is 49.4 Å². The van der Waals surface area contributed by atoms with Crippen molar-refractivity contribution in [1.82, 2.24) is 5.32 Å². The summed E-state index contributed by atoms with van der Waals surface area (Å²) >= 11 is 0. The van der Waals surface area contributed by atoms with Gasteiger partial charge in [0.1, 0.15) is 0 Å². The molecule has 7 atom stereocenters. The fourth-order valence-electron chi connectivity index (χ4n) is 6.00. The van der Waals surface area contributed by atoms with Crippen LogP contribution in [-0.2, 0) is 25.5 Å². The Morgan fingerprint density at radius 3 is 2.63 bits per heavy atom. The molecule has 7 unspecified atom stereocenters. The molecule has 35 heavy (non-hydrogen) atoms. The Labute approximate surface area is 207 Å². The Bertz CT molecular complexity index is 1040. The Kier molecular flexibility index (Phi) is 7.41. The number of hydrogen-bond acceptors (Lipinski definition) is 5. The monoisotopic (exact) mass is 477 g/mol. The second kappa shape index (κ2) is 10.3. The van der Waals surface area contributed by atoms with Gasteiger partial charge in [0.05, 0.1) is 12.0 Å². The van der Waals surface area contributed by atoms with Crippen molar-refractivity contribution in [3.05, 3.63) is 72.4 Å². The van der Waals surface area contributed by atoms with Crippen LogP contribution in [0.3, 0.4) is 0 Å². The predicted molar refractivity (Wildman–Crippen MR) is 133 cm³/mol. The highest BCUT2D eigenvalue weighted by Gasteiger charge is 2.67. The molecule has 1 amide bonds. The van der Waals surface area contributed by atoms with Crippen molar-refractivity contribution >= 4 is 17.7 Å². The summed E-state index contributed by atoms with van der Waals surface area (Å²) < 4.78 is 6.01. The zero-order valence-electron chi connectivity index (χ0n) is 20.5. The van der Waals surface area contributed by atoms with E-state index in [0.29, 0.717) is 24.3 Å². The molecule has 2 fully saturated rings. The molecule has 186 valence electrons. The topological polar surface area (TPSA) is 92.7 Å². The van der Waals surface area contributed by atoms with Crippen LogP contribution in [0.1, 0.15) is 45.1 Å². The van der Waals surface area contributed by atoms with Gasteiger partial charge in [0, 0.05) is 24.5 Å². The highest BCUT2D eigenvalue weighted by molar-refractivity contribution is 5.98. The van der Waals surface area contributed by atoms with Gasteiger partial charge in [-0.05, 0) is 54.7 Å². The normalized spacial score (nSPS) is 37.9. The van der Waals surface area contributed by atoms with E-state index < -0.39 is 35.4 Å². The lowest BCUT2D eigenvalue weighted by Gasteiger charge is -2.49. The first-order valence-corrected chi connectivity index (χ1v) is 12.6. The molecular weight excluding hydrogens is 442 g/mol. The van der Waals surface area contributed by atoms with Crippen LogP contribution in [0.5, 0.6) is 0 Å². The number of benzene rings is 1. The van der Waals surface area contributed by atoms with Gasteiger partial charge >= 0.3 is 5.97 Å². The van der Waals surface area contributed by atoms with Gasteiger partial charge in [-0.3, -0.25) is 9.59 Å². The maximum absolute atomic E-state index is 13.7. The number of aliphatic hydroxyl groups excluding tert-OH is 1. The Balaban J connectivity index is 1.79. The molecule has 0 aromatic heterocycles. The third-order valence-electron chi connectivity index (χ3n) is 7.91. The molecule has 3 aliphatic rings. The van der Waals surface area contributed by atoms with E-state index in [-0.39, 0.29) is 17.7 Å². The molecule has 6 nitrogen and oxygen atoms in total. The SMILES string of the molecule is C=C1C(C)C2C(Cc3ccccc3)NC(=O)C23OC(=O)/C=C\C(=O)CCCC(C)C/C=C/C3C1O. The van der Waals surface area contributed by atoms with Crippen LogP contribution < -0.4 is 5.32 Å². The van der Waals surface area contributed by atoms with Gasteiger partial charge in [0.2, 0.25) is 5.60 Å². The summed E-state index contributed by atoms with van der Waals surface area (Å²) in [7, 11) is 0. The van der Waals surface area contributed by atoms with E-state index in [0.717, 1.165) is 30.9 Å². The summed E-state index contributed by atoms with van der Waals surface area (Å²) in [6.07, 6.45) is 8.39. The zero-order chi connectivity index (χ0) is 25.2. The quantitative estimate of drug-likeness (QED) is 0.501. The van der Waals surface area contributed by atoms with E-state index >= 15 is 0 Å². The summed E-state index contributed by atoms with van der Waals surface area (Å²) in [5, 5.41) is 14.4. The number of allylic oxidation sites excluding steroid dienone is 2. The third-order valence-corrected chi connectivity index (χ3v) is 7.91. The number of ketones is 1. The minimum Gasteiger partial charge on any atom is -0.445 e. The van der Waals surface area contributed by atoms with Crippen molar-refractivity contribution in [3.63, 3.8) is 0 Å². The summed E-state index contributed by atoms with van der Waals surface area (Å²) in [6, 6.07) is 9.53. The van der Waals surface area contributed by atoms with Crippen molar-refractivity contribution in [3.8, 4) is 0 Å². The maximum Gasteiger partial charge on any atom is 0.331 e. The number of aliphatic hydroxyl groups is 1. The average molecular weight is 478 g/mol. The van der Waals surface area contributed by atoms with Crippen molar-refractivity contribution in [1.29, 1.82) is 0 Å². The molecule has 1 saturated carbocycles. The Hall–Kier alpha value is -2.99. The predicted octanol–water partition coefficient (Wildman–Crippen LogP) is 3.70. The summed E-state index contributed by atoms with van der Waals surface area (Å²) in [4.78, 5) is 38.9. The Morgan fingerprint density at radius 2 is 1.89 bits per heavy atom. The largest absolute Gasteiger partial charge is 0.445 e. The molecule has 2 N–H and O–H groups in total. The molecule has 1 aromatic rings. The highest BCUT2D eigenvalue weighted by atomic mass is 16.6. The molecule has 1 aliphatic carbocycles. The summed E-state index contributed by atoms with van der Waals surface area (Å²) in [5.41, 5.74) is 0.0801. The number of hydrogen-bond donors (Lipinski definition) is 2. The smallest absolute Gasteiger partial charge is 0.331 e. The van der Waals surface area contributed by atoms with E-state index in [9.17, 15) is 19.5 Å². The van der Waals surface area contributed by atoms with E-state index in [1.54, 1.807) is 0 Å². The zero-order valence-corrected chi connectivity index (χ0v) is 20.5. The van der Waals surface area contributed by atoms with Crippen molar-refractivity contribution < 1.29 is 24.2 Å². The molecule has 0 bridgehead atoms. The van der Waals surface area contributed by atoms with Crippen LogP contribution >= 0.6 is 0 Å². The summed E-state index contributed by atoms with van der Waals surface area (Å²) in [5.74, 6) is -2.46. The van der Waals surface area contributed by atoms with Crippen LogP contribution in [0.15, 0.2) is 66.8 Å². The highest BCUT2D eigenvalue weighted by Crippen LogP contribution is 2.52. The Morgan fingerprint density at radius 1 is 1.14 bits per heavy atom. The van der Waals surface area contributed by atoms with Gasteiger partial charge in [-0.2, -0.15) is 0 Å². The van der Waals surface area contributed by atoms with Crippen LogP contribution in [-0.4, -0.2) is 40.5 Å². The van der Waals surface area contributed by atoms with Crippen molar-refractivity contribution in [2.45, 2.75) is 63.7 Å². The summed E-state index contributed by atoms with van der Waals surface area (Å²) in [6.45, 7) is 8.21. The first kappa shape index (κ1) is 25.1. The third kappa shape index (κ3) is 4.90. The first-order chi connectivity index (χ1) is 16.7. The second-order valence-electron chi connectivity index (χ2n) is 10.3. The standard InChI is InChI=1S/C29H35NO5/c1-18-9-7-13-22(31)15-16-25(32)35-29-23(14-8-10-18)27(33)20(3)19(2)26(29)24(30-28(29)34)17-21-11-5-4-6-12-21/h4-6,8,11-12,14-16,18-19,23-24,26-27,33H,3,7,9-10,13,17H2,1-2H3,(H,30,34)/b14-8+,16-15-. The van der Waals surface area contributed by atoms with Crippen LogP contribution in [0.4, 0.5) is 0 Å². The molecular formula is C29H35NO5. The molecule has 0 radical (unpaired) electrons. The number of esters is 1. The van der Waals surface area contributed by atoms with Crippen molar-refractivity contribution in [2.24, 2.45) is 23.7 Å². The van der Waals surface area contributed by atoms with Crippen LogP contribution in [0.25, 0.3) is 0 Å². The molecule has 6 heteroatoms. The lowest BCUT2D eigenvalue weighted by atomic mass is 9.59. The molecule has 1 saturated heterocycles. The van der Waals surface area contributed by atoms with E-state index in [2.05, 4.69) is 18.8 Å². The van der Waals surface area contributed by atoms with Gasteiger partial charge in [-0.15, -0.1) is 0 Å². The lowest BCUT2D eigenvalue weighted by Crippen LogP contribution is -2.61. The fraction of sp³-hybridized carbons (Fsp3) is 0.483. The number of amides is 1. The maximum atomic E-state index is 13.7. The minimum atomic E-state index is -1.60. The first-order valence-electron chi connectivity index (χ1n) is 12.6.